The number of rotatable bonds is 4. The maximum absolute atomic E-state index is 13.9. The Labute approximate surface area is 178 Å². The molecule has 0 spiro atoms. The van der Waals surface area contributed by atoms with Gasteiger partial charge in [-0.25, -0.2) is 12.8 Å². The molecule has 0 aliphatic carbocycles. The van der Waals surface area contributed by atoms with Gasteiger partial charge < -0.3 is 0 Å². The van der Waals surface area contributed by atoms with Crippen LogP contribution in [0.3, 0.4) is 0 Å². The standard InChI is InChI=1S/C20H14F4N4O3S/c1-12-14(20(22,23)24)6-4-8-16(12)27-9-10-28-17(18(27)29)25-26-19(28)32(30,31)11-13-5-2-3-7-15(13)21/h2-10H,11H2,1H3. The van der Waals surface area contributed by atoms with Crippen molar-refractivity contribution < 1.29 is 26.0 Å². The molecule has 32 heavy (non-hydrogen) atoms. The third-order valence-corrected chi connectivity index (χ3v) is 6.42. The number of hydrogen-bond acceptors (Lipinski definition) is 5. The maximum atomic E-state index is 13.9. The van der Waals surface area contributed by atoms with Gasteiger partial charge in [-0.3, -0.25) is 13.8 Å². The third kappa shape index (κ3) is 3.66. The molecule has 0 atom stereocenters. The number of fused-ring (bicyclic) bond motifs is 1. The van der Waals surface area contributed by atoms with Crippen LogP contribution < -0.4 is 5.56 Å². The molecule has 0 saturated heterocycles. The van der Waals surface area contributed by atoms with Gasteiger partial charge in [0.1, 0.15) is 5.82 Å². The first-order chi connectivity index (χ1) is 15.0. The monoisotopic (exact) mass is 466 g/mol. The topological polar surface area (TPSA) is 86.3 Å². The molecule has 12 heteroatoms. The quantitative estimate of drug-likeness (QED) is 0.431. The van der Waals surface area contributed by atoms with Crippen molar-refractivity contribution in [2.45, 2.75) is 24.0 Å². The van der Waals surface area contributed by atoms with E-state index in [2.05, 4.69) is 10.2 Å². The molecule has 166 valence electrons. The van der Waals surface area contributed by atoms with E-state index >= 15 is 0 Å². The first-order valence-electron chi connectivity index (χ1n) is 9.10. The van der Waals surface area contributed by atoms with Gasteiger partial charge in [0.15, 0.2) is 0 Å². The van der Waals surface area contributed by atoms with Crippen molar-refractivity contribution in [3.63, 3.8) is 0 Å². The Hall–Kier alpha value is -3.54. The Morgan fingerprint density at radius 3 is 2.41 bits per heavy atom. The van der Waals surface area contributed by atoms with Crippen LogP contribution in [-0.2, 0) is 21.8 Å². The maximum Gasteiger partial charge on any atom is 0.416 e. The van der Waals surface area contributed by atoms with Crippen LogP contribution in [0.15, 0.2) is 64.8 Å². The van der Waals surface area contributed by atoms with Gasteiger partial charge in [0.05, 0.1) is 17.0 Å². The minimum atomic E-state index is -4.61. The van der Waals surface area contributed by atoms with Crippen molar-refractivity contribution in [1.82, 2.24) is 19.2 Å². The molecule has 4 aromatic rings. The number of sulfone groups is 1. The number of alkyl halides is 3. The van der Waals surface area contributed by atoms with Crippen LogP contribution in [0.5, 0.6) is 0 Å². The van der Waals surface area contributed by atoms with E-state index in [-0.39, 0.29) is 16.8 Å². The van der Waals surface area contributed by atoms with Crippen molar-refractivity contribution >= 4 is 15.5 Å². The molecular weight excluding hydrogens is 452 g/mol. The second kappa shape index (κ2) is 7.55. The zero-order valence-electron chi connectivity index (χ0n) is 16.3. The Morgan fingerprint density at radius 1 is 1.00 bits per heavy atom. The van der Waals surface area contributed by atoms with Gasteiger partial charge >= 0.3 is 11.7 Å². The van der Waals surface area contributed by atoms with Crippen molar-refractivity contribution in [2.24, 2.45) is 0 Å². The summed E-state index contributed by atoms with van der Waals surface area (Å²) in [5, 5.41) is 6.61. The highest BCUT2D eigenvalue weighted by atomic mass is 32.2. The smallest absolute Gasteiger partial charge is 0.279 e. The van der Waals surface area contributed by atoms with Crippen molar-refractivity contribution in [3.05, 3.63) is 87.7 Å². The predicted molar refractivity (Wildman–Crippen MR) is 106 cm³/mol. The van der Waals surface area contributed by atoms with Gasteiger partial charge in [-0.2, -0.15) is 13.2 Å². The Bertz CT molecular complexity index is 1510. The zero-order chi connectivity index (χ0) is 23.3. The molecule has 0 bridgehead atoms. The lowest BCUT2D eigenvalue weighted by atomic mass is 10.1. The van der Waals surface area contributed by atoms with Crippen LogP contribution in [0.2, 0.25) is 0 Å². The molecule has 0 amide bonds. The zero-order valence-corrected chi connectivity index (χ0v) is 17.2. The minimum Gasteiger partial charge on any atom is -0.279 e. The second-order valence-electron chi connectivity index (χ2n) is 6.95. The van der Waals surface area contributed by atoms with Gasteiger partial charge in [-0.05, 0) is 30.7 Å². The molecule has 0 unspecified atom stereocenters. The Kier molecular flexibility index (Phi) is 5.12. The largest absolute Gasteiger partial charge is 0.416 e. The van der Waals surface area contributed by atoms with Crippen LogP contribution in [0.25, 0.3) is 11.3 Å². The van der Waals surface area contributed by atoms with Crippen LogP contribution in [0.1, 0.15) is 16.7 Å². The van der Waals surface area contributed by atoms with Crippen molar-refractivity contribution in [1.29, 1.82) is 0 Å². The summed E-state index contributed by atoms with van der Waals surface area (Å²) in [6.07, 6.45) is -2.33. The number of halogens is 4. The average Bonchev–Trinajstić information content (AvgIpc) is 3.16. The normalized spacial score (nSPS) is 12.4. The van der Waals surface area contributed by atoms with Gasteiger partial charge in [-0.15, -0.1) is 10.2 Å². The highest BCUT2D eigenvalue weighted by Crippen LogP contribution is 2.33. The van der Waals surface area contributed by atoms with Crippen LogP contribution >= 0.6 is 0 Å². The van der Waals surface area contributed by atoms with E-state index < -0.39 is 49.5 Å². The number of hydrogen-bond donors (Lipinski definition) is 0. The summed E-state index contributed by atoms with van der Waals surface area (Å²) in [4.78, 5) is 12.9. The molecule has 0 fully saturated rings. The van der Waals surface area contributed by atoms with E-state index in [1.54, 1.807) is 0 Å². The Balaban J connectivity index is 1.82. The molecule has 2 aromatic carbocycles. The van der Waals surface area contributed by atoms with Gasteiger partial charge in [-0.1, -0.05) is 24.3 Å². The fourth-order valence-corrected chi connectivity index (χ4v) is 4.73. The summed E-state index contributed by atoms with van der Waals surface area (Å²) < 4.78 is 81.0. The van der Waals surface area contributed by atoms with Crippen LogP contribution in [0.4, 0.5) is 17.6 Å². The highest BCUT2D eigenvalue weighted by molar-refractivity contribution is 7.90. The summed E-state index contributed by atoms with van der Waals surface area (Å²) in [5.41, 5.74) is -2.48. The lowest BCUT2D eigenvalue weighted by Crippen LogP contribution is -2.22. The van der Waals surface area contributed by atoms with Crippen molar-refractivity contribution in [2.75, 3.05) is 0 Å². The number of benzene rings is 2. The van der Waals surface area contributed by atoms with Gasteiger partial charge in [0, 0.05) is 18.0 Å². The van der Waals surface area contributed by atoms with E-state index in [1.165, 1.54) is 31.2 Å². The van der Waals surface area contributed by atoms with E-state index in [1.807, 2.05) is 0 Å². The lowest BCUT2D eigenvalue weighted by Gasteiger charge is -2.15. The summed E-state index contributed by atoms with van der Waals surface area (Å²) in [6, 6.07) is 8.70. The van der Waals surface area contributed by atoms with E-state index in [0.29, 0.717) is 0 Å². The molecular formula is C20H14F4N4O3S. The summed E-state index contributed by atoms with van der Waals surface area (Å²) in [7, 11) is -4.20. The predicted octanol–water partition coefficient (Wildman–Crippen LogP) is 3.32. The molecule has 7 nitrogen and oxygen atoms in total. The van der Waals surface area contributed by atoms with Crippen LogP contribution in [-0.4, -0.2) is 27.6 Å². The van der Waals surface area contributed by atoms with E-state index in [4.69, 9.17) is 0 Å². The van der Waals surface area contributed by atoms with E-state index in [9.17, 15) is 30.8 Å². The molecule has 0 aliphatic rings. The van der Waals surface area contributed by atoms with E-state index in [0.717, 1.165) is 39.6 Å². The number of nitrogens with zero attached hydrogens (tertiary/aromatic N) is 4. The molecule has 2 aromatic heterocycles. The molecule has 0 N–H and O–H groups in total. The van der Waals surface area contributed by atoms with Crippen molar-refractivity contribution in [3.8, 4) is 5.69 Å². The molecule has 0 aliphatic heterocycles. The van der Waals surface area contributed by atoms with Gasteiger partial charge in [0.25, 0.3) is 5.16 Å². The van der Waals surface area contributed by atoms with Gasteiger partial charge in [0.2, 0.25) is 15.5 Å². The fourth-order valence-electron chi connectivity index (χ4n) is 3.34. The molecule has 0 saturated carbocycles. The summed E-state index contributed by atoms with van der Waals surface area (Å²) >= 11 is 0. The first-order valence-corrected chi connectivity index (χ1v) is 10.8. The highest BCUT2D eigenvalue weighted by Gasteiger charge is 2.33. The molecule has 4 rings (SSSR count). The summed E-state index contributed by atoms with van der Waals surface area (Å²) in [5.74, 6) is -1.43. The fraction of sp³-hybridized carbons (Fsp3) is 0.150. The minimum absolute atomic E-state index is 0.0360. The molecule has 2 heterocycles. The van der Waals surface area contributed by atoms with Crippen LogP contribution in [0, 0.1) is 12.7 Å². The number of aromatic nitrogens is 4. The molecule has 0 radical (unpaired) electrons. The summed E-state index contributed by atoms with van der Waals surface area (Å²) in [6.45, 7) is 1.23. The second-order valence-corrected chi connectivity index (χ2v) is 8.83. The third-order valence-electron chi connectivity index (χ3n) is 4.89. The Morgan fingerprint density at radius 2 is 1.72 bits per heavy atom. The average molecular weight is 466 g/mol. The first kappa shape index (κ1) is 21.7. The SMILES string of the molecule is Cc1c(-n2ccn3c(S(=O)(=O)Cc4ccccc4F)nnc3c2=O)cccc1C(F)(F)F. The lowest BCUT2D eigenvalue weighted by molar-refractivity contribution is -0.138.